The maximum absolute atomic E-state index is 12.7. The van der Waals surface area contributed by atoms with Crippen LogP contribution >= 0.6 is 0 Å². The van der Waals surface area contributed by atoms with E-state index in [2.05, 4.69) is 22.3 Å². The largest absolute Gasteiger partial charge is 0.479 e. The lowest BCUT2D eigenvalue weighted by Crippen LogP contribution is -2.45. The maximum Gasteiger partial charge on any atom is 0.330 e. The number of piperidine rings is 1. The molecule has 2 aromatic rings. The molecule has 0 aliphatic carbocycles. The third-order valence-electron chi connectivity index (χ3n) is 4.79. The summed E-state index contributed by atoms with van der Waals surface area (Å²) in [6, 6.07) is 18.0. The number of carbonyl (C=O) groups excluding carboxylic acids is 1. The number of hydrogen-bond acceptors (Lipinski definition) is 3. The number of carboxylic acids is 1. The summed E-state index contributed by atoms with van der Waals surface area (Å²) in [5, 5.41) is 12.2. The van der Waals surface area contributed by atoms with Crippen LogP contribution in [0.15, 0.2) is 60.7 Å². The second-order valence-corrected chi connectivity index (χ2v) is 6.75. The number of nitrogens with one attached hydrogen (secondary N) is 1. The fourth-order valence-electron chi connectivity index (χ4n) is 3.45. The zero-order chi connectivity index (χ0) is 18.4. The number of rotatable bonds is 6. The Labute approximate surface area is 153 Å². The molecule has 0 aromatic heterocycles. The highest BCUT2D eigenvalue weighted by Crippen LogP contribution is 2.21. The molecule has 136 valence electrons. The van der Waals surface area contributed by atoms with Crippen LogP contribution in [0.5, 0.6) is 0 Å². The van der Waals surface area contributed by atoms with Crippen molar-refractivity contribution in [1.29, 1.82) is 0 Å². The molecule has 1 heterocycles. The number of carboxylic acid groups (broad SMARTS) is 1. The minimum Gasteiger partial charge on any atom is -0.479 e. The Balaban J connectivity index is 1.62. The molecule has 1 amide bonds. The van der Waals surface area contributed by atoms with Crippen LogP contribution < -0.4 is 5.32 Å². The molecule has 1 saturated heterocycles. The smallest absolute Gasteiger partial charge is 0.330 e. The van der Waals surface area contributed by atoms with Crippen LogP contribution in [0.25, 0.3) is 0 Å². The van der Waals surface area contributed by atoms with E-state index in [9.17, 15) is 14.7 Å². The minimum atomic E-state index is -1.04. The summed E-state index contributed by atoms with van der Waals surface area (Å²) in [5.41, 5.74) is 1.81. The first-order valence-electron chi connectivity index (χ1n) is 8.98. The van der Waals surface area contributed by atoms with Gasteiger partial charge in [0.2, 0.25) is 5.91 Å². The molecule has 0 unspecified atom stereocenters. The van der Waals surface area contributed by atoms with Gasteiger partial charge in [0, 0.05) is 13.1 Å². The summed E-state index contributed by atoms with van der Waals surface area (Å²) in [5.74, 6) is -1.40. The lowest BCUT2D eigenvalue weighted by atomic mass is 9.95. The monoisotopic (exact) mass is 352 g/mol. The van der Waals surface area contributed by atoms with Crippen molar-refractivity contribution in [2.45, 2.75) is 25.4 Å². The molecule has 0 spiro atoms. The Morgan fingerprint density at radius 3 is 2.38 bits per heavy atom. The molecule has 1 aliphatic heterocycles. The van der Waals surface area contributed by atoms with E-state index in [0.717, 1.165) is 25.9 Å². The van der Waals surface area contributed by atoms with Crippen molar-refractivity contribution in [3.8, 4) is 0 Å². The van der Waals surface area contributed by atoms with Crippen LogP contribution in [0.1, 0.15) is 30.0 Å². The highest BCUT2D eigenvalue weighted by atomic mass is 16.4. The van der Waals surface area contributed by atoms with Gasteiger partial charge in [0.1, 0.15) is 0 Å². The SMILES string of the molecule is O=C(N[C@H](C(=O)O)c1ccccc1)[C@H]1CCCN(Cc2ccccc2)C1. The molecule has 5 nitrogen and oxygen atoms in total. The van der Waals surface area contributed by atoms with Crippen molar-refractivity contribution < 1.29 is 14.7 Å². The number of benzene rings is 2. The Morgan fingerprint density at radius 1 is 1.08 bits per heavy atom. The summed E-state index contributed by atoms with van der Waals surface area (Å²) in [7, 11) is 0. The van der Waals surface area contributed by atoms with Gasteiger partial charge in [-0.2, -0.15) is 0 Å². The first-order valence-corrected chi connectivity index (χ1v) is 8.98. The summed E-state index contributed by atoms with van der Waals surface area (Å²) in [6.45, 7) is 2.42. The Bertz CT molecular complexity index is 733. The van der Waals surface area contributed by atoms with E-state index < -0.39 is 12.0 Å². The average molecular weight is 352 g/mol. The van der Waals surface area contributed by atoms with Gasteiger partial charge in [0.05, 0.1) is 5.92 Å². The molecule has 5 heteroatoms. The fraction of sp³-hybridized carbons (Fsp3) is 0.333. The minimum absolute atomic E-state index is 0.181. The van der Waals surface area contributed by atoms with E-state index in [1.807, 2.05) is 24.3 Å². The zero-order valence-electron chi connectivity index (χ0n) is 14.7. The van der Waals surface area contributed by atoms with Crippen molar-refractivity contribution in [3.05, 3.63) is 71.8 Å². The number of likely N-dealkylation sites (tertiary alicyclic amines) is 1. The van der Waals surface area contributed by atoms with Crippen molar-refractivity contribution in [3.63, 3.8) is 0 Å². The predicted molar refractivity (Wildman–Crippen MR) is 99.4 cm³/mol. The molecule has 0 radical (unpaired) electrons. The van der Waals surface area contributed by atoms with Gasteiger partial charge in [0.25, 0.3) is 0 Å². The van der Waals surface area contributed by atoms with E-state index in [4.69, 9.17) is 0 Å². The van der Waals surface area contributed by atoms with E-state index in [0.29, 0.717) is 12.1 Å². The Morgan fingerprint density at radius 2 is 1.73 bits per heavy atom. The third-order valence-corrected chi connectivity index (χ3v) is 4.79. The lowest BCUT2D eigenvalue weighted by molar-refractivity contribution is -0.143. The molecule has 2 atom stereocenters. The molecular formula is C21H24N2O3. The first kappa shape index (κ1) is 18.1. The number of nitrogens with zero attached hydrogens (tertiary/aromatic N) is 1. The quantitative estimate of drug-likeness (QED) is 0.839. The van der Waals surface area contributed by atoms with Gasteiger partial charge in [-0.25, -0.2) is 4.79 Å². The number of amides is 1. The standard InChI is InChI=1S/C21H24N2O3/c24-20(22-19(21(25)26)17-10-5-2-6-11-17)18-12-7-13-23(15-18)14-16-8-3-1-4-9-16/h1-6,8-11,18-19H,7,12-15H2,(H,22,24)(H,25,26)/t18-,19-/m0/s1. The fourth-order valence-corrected chi connectivity index (χ4v) is 3.45. The Kier molecular flexibility index (Phi) is 6.02. The molecule has 3 rings (SSSR count). The van der Waals surface area contributed by atoms with Gasteiger partial charge in [-0.05, 0) is 30.5 Å². The van der Waals surface area contributed by atoms with Crippen molar-refractivity contribution in [2.75, 3.05) is 13.1 Å². The van der Waals surface area contributed by atoms with Crippen LogP contribution in [0.4, 0.5) is 0 Å². The zero-order valence-corrected chi connectivity index (χ0v) is 14.7. The average Bonchev–Trinajstić information content (AvgIpc) is 2.67. The summed E-state index contributed by atoms with van der Waals surface area (Å²) in [4.78, 5) is 26.5. The van der Waals surface area contributed by atoms with Crippen LogP contribution in [0.3, 0.4) is 0 Å². The molecule has 0 bridgehead atoms. The number of aliphatic carboxylic acids is 1. The van der Waals surface area contributed by atoms with Crippen molar-refractivity contribution >= 4 is 11.9 Å². The van der Waals surface area contributed by atoms with E-state index >= 15 is 0 Å². The second kappa shape index (κ2) is 8.63. The van der Waals surface area contributed by atoms with Crippen LogP contribution in [-0.4, -0.2) is 35.0 Å². The van der Waals surface area contributed by atoms with E-state index in [-0.39, 0.29) is 11.8 Å². The van der Waals surface area contributed by atoms with Gasteiger partial charge in [-0.3, -0.25) is 9.69 Å². The Hall–Kier alpha value is -2.66. The summed E-state index contributed by atoms with van der Waals surface area (Å²) >= 11 is 0. The topological polar surface area (TPSA) is 69.6 Å². The highest BCUT2D eigenvalue weighted by molar-refractivity contribution is 5.86. The molecule has 1 fully saturated rings. The molecule has 26 heavy (non-hydrogen) atoms. The number of hydrogen-bond donors (Lipinski definition) is 2. The van der Waals surface area contributed by atoms with Gasteiger partial charge in [-0.15, -0.1) is 0 Å². The van der Waals surface area contributed by atoms with Crippen LogP contribution in [0, 0.1) is 5.92 Å². The molecular weight excluding hydrogens is 328 g/mol. The van der Waals surface area contributed by atoms with Gasteiger partial charge >= 0.3 is 5.97 Å². The van der Waals surface area contributed by atoms with Crippen molar-refractivity contribution in [2.24, 2.45) is 5.92 Å². The van der Waals surface area contributed by atoms with Crippen LogP contribution in [-0.2, 0) is 16.1 Å². The third kappa shape index (κ3) is 4.70. The molecule has 2 aromatic carbocycles. The normalized spacial score (nSPS) is 18.8. The van der Waals surface area contributed by atoms with Crippen LogP contribution in [0.2, 0.25) is 0 Å². The summed E-state index contributed by atoms with van der Waals surface area (Å²) in [6.07, 6.45) is 1.73. The lowest BCUT2D eigenvalue weighted by Gasteiger charge is -2.32. The van der Waals surface area contributed by atoms with Crippen molar-refractivity contribution in [1.82, 2.24) is 10.2 Å². The highest BCUT2D eigenvalue weighted by Gasteiger charge is 2.29. The van der Waals surface area contributed by atoms with Gasteiger partial charge < -0.3 is 10.4 Å². The maximum atomic E-state index is 12.7. The molecule has 2 N–H and O–H groups in total. The van der Waals surface area contributed by atoms with E-state index in [1.165, 1.54) is 5.56 Å². The number of carbonyl (C=O) groups is 2. The first-order chi connectivity index (χ1) is 12.6. The predicted octanol–water partition coefficient (Wildman–Crippen LogP) is 2.84. The van der Waals surface area contributed by atoms with E-state index in [1.54, 1.807) is 24.3 Å². The summed E-state index contributed by atoms with van der Waals surface area (Å²) < 4.78 is 0. The van der Waals surface area contributed by atoms with Gasteiger partial charge in [-0.1, -0.05) is 60.7 Å². The molecule has 0 saturated carbocycles. The van der Waals surface area contributed by atoms with Gasteiger partial charge in [0.15, 0.2) is 6.04 Å². The second-order valence-electron chi connectivity index (χ2n) is 6.75. The molecule has 1 aliphatic rings.